The maximum atomic E-state index is 9.80. The molecule has 20 heavy (non-hydrogen) atoms. The van der Waals surface area contributed by atoms with Gasteiger partial charge in [0.15, 0.2) is 0 Å². The number of anilines is 1. The van der Waals surface area contributed by atoms with E-state index in [1.807, 2.05) is 6.92 Å². The molecule has 0 fully saturated rings. The third kappa shape index (κ3) is 6.43. The van der Waals surface area contributed by atoms with Crippen molar-refractivity contribution in [2.75, 3.05) is 45.4 Å². The topological polar surface area (TPSA) is 60.0 Å². The molecule has 0 saturated heterocycles. The van der Waals surface area contributed by atoms with E-state index in [0.29, 0.717) is 37.1 Å². The number of hydrogen-bond acceptors (Lipinski definition) is 5. The molecular formula is C14H22ClNO4. The minimum Gasteiger partial charge on any atom is -0.495 e. The number of aliphatic hydroxyl groups is 1. The molecule has 0 aliphatic heterocycles. The molecule has 6 heteroatoms. The number of nitrogens with one attached hydrogen (secondary N) is 1. The van der Waals surface area contributed by atoms with Crippen LogP contribution in [0.3, 0.4) is 0 Å². The Kier molecular flexibility index (Phi) is 8.37. The molecule has 0 aliphatic rings. The van der Waals surface area contributed by atoms with Gasteiger partial charge < -0.3 is 24.6 Å². The second kappa shape index (κ2) is 9.83. The molecule has 0 amide bonds. The zero-order valence-electron chi connectivity index (χ0n) is 11.9. The second-order valence-electron chi connectivity index (χ2n) is 4.15. The van der Waals surface area contributed by atoms with Crippen LogP contribution in [0.2, 0.25) is 5.02 Å². The molecule has 1 aromatic carbocycles. The van der Waals surface area contributed by atoms with Crippen molar-refractivity contribution in [3.63, 3.8) is 0 Å². The van der Waals surface area contributed by atoms with E-state index >= 15 is 0 Å². The Bertz CT molecular complexity index is 389. The number of aliphatic hydroxyl groups excluding tert-OH is 1. The summed E-state index contributed by atoms with van der Waals surface area (Å²) in [5, 5.41) is 13.5. The Hall–Kier alpha value is -1.01. The molecule has 0 saturated carbocycles. The quantitative estimate of drug-likeness (QED) is 0.649. The lowest BCUT2D eigenvalue weighted by molar-refractivity contribution is 0.0103. The van der Waals surface area contributed by atoms with Crippen LogP contribution in [0.5, 0.6) is 5.75 Å². The fourth-order valence-electron chi connectivity index (χ4n) is 1.59. The van der Waals surface area contributed by atoms with E-state index in [2.05, 4.69) is 5.32 Å². The maximum absolute atomic E-state index is 9.80. The minimum absolute atomic E-state index is 0.253. The van der Waals surface area contributed by atoms with Crippen LogP contribution in [0.25, 0.3) is 0 Å². The molecule has 114 valence electrons. The third-order valence-corrected chi connectivity index (χ3v) is 2.81. The summed E-state index contributed by atoms with van der Waals surface area (Å²) in [6.45, 7) is 4.22. The maximum Gasteiger partial charge on any atom is 0.142 e. The van der Waals surface area contributed by atoms with Gasteiger partial charge in [-0.25, -0.2) is 0 Å². The average molecular weight is 304 g/mol. The van der Waals surface area contributed by atoms with Crippen LogP contribution in [-0.2, 0) is 9.47 Å². The van der Waals surface area contributed by atoms with Gasteiger partial charge in [0, 0.05) is 18.2 Å². The molecule has 1 unspecified atom stereocenters. The third-order valence-electron chi connectivity index (χ3n) is 2.58. The molecule has 0 bridgehead atoms. The Morgan fingerprint density at radius 2 is 2.05 bits per heavy atom. The molecule has 0 radical (unpaired) electrons. The van der Waals surface area contributed by atoms with Crippen LogP contribution in [-0.4, -0.2) is 51.3 Å². The first-order valence-electron chi connectivity index (χ1n) is 6.58. The van der Waals surface area contributed by atoms with Crippen molar-refractivity contribution in [3.05, 3.63) is 23.2 Å². The minimum atomic E-state index is -0.611. The smallest absolute Gasteiger partial charge is 0.142 e. The van der Waals surface area contributed by atoms with Gasteiger partial charge in [-0.15, -0.1) is 0 Å². The summed E-state index contributed by atoms with van der Waals surface area (Å²) in [5.41, 5.74) is 0.744. The van der Waals surface area contributed by atoms with Crippen molar-refractivity contribution in [2.24, 2.45) is 0 Å². The van der Waals surface area contributed by atoms with Crippen LogP contribution in [0.4, 0.5) is 5.69 Å². The standard InChI is InChI=1S/C14H22ClNO4/c1-3-19-6-7-20-10-12(17)9-16-13-8-11(15)4-5-14(13)18-2/h4-5,8,12,16-17H,3,6-7,9-10H2,1-2H3. The van der Waals surface area contributed by atoms with Gasteiger partial charge in [-0.3, -0.25) is 0 Å². The predicted molar refractivity (Wildman–Crippen MR) is 79.8 cm³/mol. The molecule has 5 nitrogen and oxygen atoms in total. The van der Waals surface area contributed by atoms with Gasteiger partial charge >= 0.3 is 0 Å². The van der Waals surface area contributed by atoms with Crippen LogP contribution in [0, 0.1) is 0 Å². The van der Waals surface area contributed by atoms with Crippen molar-refractivity contribution >= 4 is 17.3 Å². The summed E-state index contributed by atoms with van der Waals surface area (Å²) in [4.78, 5) is 0. The second-order valence-corrected chi connectivity index (χ2v) is 4.59. The van der Waals surface area contributed by atoms with Gasteiger partial charge in [0.2, 0.25) is 0 Å². The summed E-state index contributed by atoms with van der Waals surface area (Å²) in [6.07, 6.45) is -0.611. The highest BCUT2D eigenvalue weighted by molar-refractivity contribution is 6.30. The monoisotopic (exact) mass is 303 g/mol. The van der Waals surface area contributed by atoms with Crippen molar-refractivity contribution in [2.45, 2.75) is 13.0 Å². The van der Waals surface area contributed by atoms with E-state index < -0.39 is 6.10 Å². The van der Waals surface area contributed by atoms with Crippen LogP contribution in [0.15, 0.2) is 18.2 Å². The highest BCUT2D eigenvalue weighted by atomic mass is 35.5. The molecule has 1 atom stereocenters. The van der Waals surface area contributed by atoms with E-state index in [1.165, 1.54) is 0 Å². The van der Waals surface area contributed by atoms with E-state index in [0.717, 1.165) is 5.69 Å². The SMILES string of the molecule is CCOCCOCC(O)CNc1cc(Cl)ccc1OC. The number of halogens is 1. The lowest BCUT2D eigenvalue weighted by Crippen LogP contribution is -2.25. The van der Waals surface area contributed by atoms with Crippen molar-refractivity contribution in [3.8, 4) is 5.75 Å². The van der Waals surface area contributed by atoms with E-state index in [1.54, 1.807) is 25.3 Å². The van der Waals surface area contributed by atoms with Crippen LogP contribution in [0.1, 0.15) is 6.92 Å². The number of rotatable bonds is 10. The van der Waals surface area contributed by atoms with Gasteiger partial charge in [-0.1, -0.05) is 11.6 Å². The van der Waals surface area contributed by atoms with Crippen LogP contribution < -0.4 is 10.1 Å². The molecule has 0 aliphatic carbocycles. The number of benzene rings is 1. The van der Waals surface area contributed by atoms with Crippen LogP contribution >= 0.6 is 11.6 Å². The summed E-state index contributed by atoms with van der Waals surface area (Å²) in [6, 6.07) is 5.28. The molecular weight excluding hydrogens is 282 g/mol. The fourth-order valence-corrected chi connectivity index (χ4v) is 1.76. The molecule has 0 spiro atoms. The van der Waals surface area contributed by atoms with Gasteiger partial charge in [0.05, 0.1) is 38.7 Å². The van der Waals surface area contributed by atoms with Gasteiger partial charge in [-0.05, 0) is 25.1 Å². The Morgan fingerprint density at radius 3 is 2.75 bits per heavy atom. The average Bonchev–Trinajstić information content (AvgIpc) is 2.45. The fraction of sp³-hybridized carbons (Fsp3) is 0.571. The number of ether oxygens (including phenoxy) is 3. The highest BCUT2D eigenvalue weighted by Gasteiger charge is 2.07. The van der Waals surface area contributed by atoms with E-state index in [-0.39, 0.29) is 6.61 Å². The summed E-state index contributed by atoms with van der Waals surface area (Å²) >= 11 is 5.92. The Morgan fingerprint density at radius 1 is 1.30 bits per heavy atom. The molecule has 0 aromatic heterocycles. The summed E-state index contributed by atoms with van der Waals surface area (Å²) in [5.74, 6) is 0.680. The zero-order valence-corrected chi connectivity index (χ0v) is 12.7. The van der Waals surface area contributed by atoms with Crippen molar-refractivity contribution in [1.29, 1.82) is 0 Å². The molecule has 0 heterocycles. The molecule has 2 N–H and O–H groups in total. The first-order valence-corrected chi connectivity index (χ1v) is 6.96. The molecule has 1 rings (SSSR count). The highest BCUT2D eigenvalue weighted by Crippen LogP contribution is 2.27. The first-order chi connectivity index (χ1) is 9.67. The first kappa shape index (κ1) is 17.0. The Labute approximate surface area is 124 Å². The zero-order chi connectivity index (χ0) is 14.8. The number of hydrogen-bond donors (Lipinski definition) is 2. The number of methoxy groups -OCH3 is 1. The van der Waals surface area contributed by atoms with E-state index in [4.69, 9.17) is 25.8 Å². The van der Waals surface area contributed by atoms with E-state index in [9.17, 15) is 5.11 Å². The van der Waals surface area contributed by atoms with Gasteiger partial charge in [0.25, 0.3) is 0 Å². The lowest BCUT2D eigenvalue weighted by atomic mass is 10.2. The van der Waals surface area contributed by atoms with Gasteiger partial charge in [-0.2, -0.15) is 0 Å². The lowest BCUT2D eigenvalue weighted by Gasteiger charge is -2.15. The van der Waals surface area contributed by atoms with Gasteiger partial charge in [0.1, 0.15) is 5.75 Å². The summed E-state index contributed by atoms with van der Waals surface area (Å²) in [7, 11) is 1.59. The summed E-state index contributed by atoms with van der Waals surface area (Å²) < 4.78 is 15.6. The van der Waals surface area contributed by atoms with Crippen molar-refractivity contribution in [1.82, 2.24) is 0 Å². The molecule has 1 aromatic rings. The predicted octanol–water partition coefficient (Wildman–Crippen LogP) is 2.17. The van der Waals surface area contributed by atoms with Crippen molar-refractivity contribution < 1.29 is 19.3 Å². The Balaban J connectivity index is 2.30. The normalized spacial score (nSPS) is 12.2. The largest absolute Gasteiger partial charge is 0.495 e.